The van der Waals surface area contributed by atoms with Crippen LogP contribution in [-0.2, 0) is 9.59 Å². The Hall–Kier alpha value is -2.14. The number of carbonyl (C=O) groups excluding carboxylic acids is 2. The maximum atomic E-state index is 12.5. The highest BCUT2D eigenvalue weighted by atomic mass is 79.9. The second-order valence-electron chi connectivity index (χ2n) is 6.16. The second kappa shape index (κ2) is 6.77. The Balaban J connectivity index is 1.76. The third-order valence-electron chi connectivity index (χ3n) is 4.28. The van der Waals surface area contributed by atoms with Crippen molar-refractivity contribution in [1.82, 2.24) is 0 Å². The fraction of sp³-hybridized carbons (Fsp3) is 0.263. The molecule has 1 aliphatic rings. The van der Waals surface area contributed by atoms with Crippen LogP contribution in [0, 0.1) is 19.8 Å². The lowest BCUT2D eigenvalue weighted by Crippen LogP contribution is -2.28. The molecule has 0 radical (unpaired) electrons. The Morgan fingerprint density at radius 1 is 1.21 bits per heavy atom. The summed E-state index contributed by atoms with van der Waals surface area (Å²) in [7, 11) is 0. The smallest absolute Gasteiger partial charge is 0.229 e. The Kier molecular flexibility index (Phi) is 4.71. The van der Waals surface area contributed by atoms with E-state index >= 15 is 0 Å². The summed E-state index contributed by atoms with van der Waals surface area (Å²) in [5, 5.41) is 2.91. The number of nitrogens with zero attached hydrogens (tertiary/aromatic N) is 1. The summed E-state index contributed by atoms with van der Waals surface area (Å²) in [5.41, 5.74) is 3.77. The molecule has 1 heterocycles. The Bertz CT molecular complexity index is 804. The fourth-order valence-electron chi connectivity index (χ4n) is 2.92. The minimum absolute atomic E-state index is 0.00372. The lowest BCUT2D eigenvalue weighted by molar-refractivity contribution is -0.122. The molecule has 1 saturated heterocycles. The number of halogens is 1. The number of para-hydroxylation sites is 1. The van der Waals surface area contributed by atoms with Crippen LogP contribution in [0.1, 0.15) is 17.5 Å². The molecule has 2 amide bonds. The molecule has 4 nitrogen and oxygen atoms in total. The van der Waals surface area contributed by atoms with Crippen molar-refractivity contribution >= 4 is 39.1 Å². The first-order chi connectivity index (χ1) is 11.5. The van der Waals surface area contributed by atoms with Crippen molar-refractivity contribution in [2.45, 2.75) is 20.3 Å². The van der Waals surface area contributed by atoms with Gasteiger partial charge in [0.25, 0.3) is 0 Å². The molecule has 0 aliphatic carbocycles. The molecule has 0 bridgehead atoms. The van der Waals surface area contributed by atoms with Gasteiger partial charge >= 0.3 is 0 Å². The second-order valence-corrected chi connectivity index (χ2v) is 7.02. The molecule has 1 fully saturated rings. The van der Waals surface area contributed by atoms with Gasteiger partial charge in [-0.1, -0.05) is 24.3 Å². The zero-order chi connectivity index (χ0) is 17.3. The largest absolute Gasteiger partial charge is 0.325 e. The van der Waals surface area contributed by atoms with Crippen LogP contribution in [0.3, 0.4) is 0 Å². The maximum Gasteiger partial charge on any atom is 0.229 e. The average molecular weight is 387 g/mol. The fourth-order valence-corrected chi connectivity index (χ4v) is 3.31. The SMILES string of the molecule is Cc1ccc(C)c(N2CC(C(=O)Nc3ccccc3Br)CC2=O)c1. The van der Waals surface area contributed by atoms with Crippen LogP contribution in [0.2, 0.25) is 0 Å². The van der Waals surface area contributed by atoms with Crippen molar-refractivity contribution < 1.29 is 9.59 Å². The molecular weight excluding hydrogens is 368 g/mol. The van der Waals surface area contributed by atoms with Gasteiger partial charge in [0.1, 0.15) is 0 Å². The van der Waals surface area contributed by atoms with Gasteiger partial charge in [-0.2, -0.15) is 0 Å². The van der Waals surface area contributed by atoms with E-state index in [9.17, 15) is 9.59 Å². The van der Waals surface area contributed by atoms with E-state index in [1.54, 1.807) is 4.90 Å². The van der Waals surface area contributed by atoms with Gasteiger partial charge in [-0.05, 0) is 59.1 Å². The van der Waals surface area contributed by atoms with Crippen LogP contribution in [0.25, 0.3) is 0 Å². The first kappa shape index (κ1) is 16.7. The third kappa shape index (κ3) is 3.36. The van der Waals surface area contributed by atoms with Crippen molar-refractivity contribution in [2.24, 2.45) is 5.92 Å². The van der Waals surface area contributed by atoms with Crippen molar-refractivity contribution in [1.29, 1.82) is 0 Å². The summed E-state index contributed by atoms with van der Waals surface area (Å²) in [6, 6.07) is 13.5. The topological polar surface area (TPSA) is 49.4 Å². The number of nitrogens with one attached hydrogen (secondary N) is 1. The van der Waals surface area contributed by atoms with Crippen LogP contribution in [0.5, 0.6) is 0 Å². The number of anilines is 2. The Morgan fingerprint density at radius 3 is 2.71 bits per heavy atom. The quantitative estimate of drug-likeness (QED) is 0.864. The molecule has 3 rings (SSSR count). The highest BCUT2D eigenvalue weighted by Crippen LogP contribution is 2.30. The van der Waals surface area contributed by atoms with Gasteiger partial charge < -0.3 is 10.2 Å². The molecule has 0 spiro atoms. The van der Waals surface area contributed by atoms with Crippen LogP contribution in [0.4, 0.5) is 11.4 Å². The molecular formula is C19H19BrN2O2. The van der Waals surface area contributed by atoms with Gasteiger partial charge in [0.15, 0.2) is 0 Å². The van der Waals surface area contributed by atoms with Crippen LogP contribution in [0.15, 0.2) is 46.9 Å². The monoisotopic (exact) mass is 386 g/mol. The van der Waals surface area contributed by atoms with Gasteiger partial charge in [-0.15, -0.1) is 0 Å². The lowest BCUT2D eigenvalue weighted by atomic mass is 10.1. The summed E-state index contributed by atoms with van der Waals surface area (Å²) < 4.78 is 0.828. The third-order valence-corrected chi connectivity index (χ3v) is 4.97. The molecule has 0 aromatic heterocycles. The Morgan fingerprint density at radius 2 is 1.96 bits per heavy atom. The maximum absolute atomic E-state index is 12.5. The van der Waals surface area contributed by atoms with E-state index in [0.29, 0.717) is 6.54 Å². The molecule has 24 heavy (non-hydrogen) atoms. The summed E-state index contributed by atoms with van der Waals surface area (Å²) >= 11 is 3.42. The van der Waals surface area contributed by atoms with Crippen LogP contribution in [-0.4, -0.2) is 18.4 Å². The zero-order valence-electron chi connectivity index (χ0n) is 13.7. The molecule has 1 N–H and O–H groups in total. The van der Waals surface area contributed by atoms with Gasteiger partial charge in [-0.25, -0.2) is 0 Å². The predicted octanol–water partition coefficient (Wildman–Crippen LogP) is 4.06. The van der Waals surface area contributed by atoms with Gasteiger partial charge in [0.05, 0.1) is 11.6 Å². The van der Waals surface area contributed by atoms with Crippen molar-refractivity contribution in [2.75, 3.05) is 16.8 Å². The van der Waals surface area contributed by atoms with E-state index in [0.717, 1.165) is 27.0 Å². The lowest BCUT2D eigenvalue weighted by Gasteiger charge is -2.19. The first-order valence-electron chi connectivity index (χ1n) is 7.88. The minimum Gasteiger partial charge on any atom is -0.325 e. The van der Waals surface area contributed by atoms with Gasteiger partial charge in [0, 0.05) is 23.1 Å². The number of hydrogen-bond donors (Lipinski definition) is 1. The number of benzene rings is 2. The molecule has 2 aromatic carbocycles. The van der Waals surface area contributed by atoms with Gasteiger partial charge in [-0.3, -0.25) is 9.59 Å². The first-order valence-corrected chi connectivity index (χ1v) is 8.68. The van der Waals surface area contributed by atoms with Crippen molar-refractivity contribution in [3.05, 3.63) is 58.1 Å². The number of rotatable bonds is 3. The number of amides is 2. The predicted molar refractivity (Wildman–Crippen MR) is 99.1 cm³/mol. The van der Waals surface area contributed by atoms with Gasteiger partial charge in [0.2, 0.25) is 11.8 Å². The highest BCUT2D eigenvalue weighted by molar-refractivity contribution is 9.10. The van der Waals surface area contributed by atoms with Crippen LogP contribution >= 0.6 is 15.9 Å². The summed E-state index contributed by atoms with van der Waals surface area (Å²) in [6.45, 7) is 4.40. The molecule has 5 heteroatoms. The summed E-state index contributed by atoms with van der Waals surface area (Å²) in [5.74, 6) is -0.469. The van der Waals surface area contributed by atoms with Crippen molar-refractivity contribution in [3.8, 4) is 0 Å². The number of hydrogen-bond acceptors (Lipinski definition) is 2. The van der Waals surface area contributed by atoms with E-state index < -0.39 is 0 Å². The highest BCUT2D eigenvalue weighted by Gasteiger charge is 2.35. The summed E-state index contributed by atoms with van der Waals surface area (Å²) in [6.07, 6.45) is 0.240. The molecule has 1 atom stereocenters. The van der Waals surface area contributed by atoms with E-state index in [2.05, 4.69) is 21.2 Å². The van der Waals surface area contributed by atoms with E-state index in [4.69, 9.17) is 0 Å². The average Bonchev–Trinajstić information content (AvgIpc) is 2.94. The molecule has 0 saturated carbocycles. The van der Waals surface area contributed by atoms with E-state index in [1.165, 1.54) is 0 Å². The molecule has 2 aromatic rings. The molecule has 1 unspecified atom stereocenters. The normalized spacial score (nSPS) is 17.2. The minimum atomic E-state index is -0.343. The van der Waals surface area contributed by atoms with Crippen LogP contribution < -0.4 is 10.2 Å². The number of aryl methyl sites for hydroxylation is 2. The zero-order valence-corrected chi connectivity index (χ0v) is 15.3. The molecule has 1 aliphatic heterocycles. The van der Waals surface area contributed by atoms with E-state index in [1.807, 2.05) is 56.3 Å². The number of carbonyl (C=O) groups is 2. The standard InChI is InChI=1S/C19H19BrN2O2/c1-12-7-8-13(2)17(9-12)22-11-14(10-18(22)23)19(24)21-16-6-4-3-5-15(16)20/h3-9,14H,10-11H2,1-2H3,(H,21,24). The Labute approximate surface area is 150 Å². The van der Waals surface area contributed by atoms with E-state index in [-0.39, 0.29) is 24.2 Å². The molecule has 124 valence electrons. The van der Waals surface area contributed by atoms with Crippen molar-refractivity contribution in [3.63, 3.8) is 0 Å². The summed E-state index contributed by atoms with van der Waals surface area (Å²) in [4.78, 5) is 26.7.